The van der Waals surface area contributed by atoms with E-state index in [0.29, 0.717) is 11.1 Å². The fraction of sp³-hybridized carbons (Fsp3) is 0.625. The van der Waals surface area contributed by atoms with Gasteiger partial charge >= 0.3 is 0 Å². The summed E-state index contributed by atoms with van der Waals surface area (Å²) in [7, 11) is 0. The largest absolute Gasteiger partial charge is 0.307 e. The predicted molar refractivity (Wildman–Crippen MR) is 87.7 cm³/mol. The molecule has 2 nitrogen and oxygen atoms in total. The Labute approximate surface area is 136 Å². The SMILES string of the molecule is CCCN1CCC(NC(C)c2cc(F)c(Cl)cc2Cl)CC1. The second-order valence-corrected chi connectivity index (χ2v) is 6.61. The molecule has 1 aliphatic heterocycles. The molecule has 2 rings (SSSR count). The molecule has 1 aromatic carbocycles. The first-order valence-corrected chi connectivity index (χ1v) is 8.39. The summed E-state index contributed by atoms with van der Waals surface area (Å²) in [5.74, 6) is -0.414. The van der Waals surface area contributed by atoms with Crippen LogP contribution in [0.25, 0.3) is 0 Å². The van der Waals surface area contributed by atoms with Crippen LogP contribution in [0.2, 0.25) is 10.0 Å². The lowest BCUT2D eigenvalue weighted by molar-refractivity contribution is 0.192. The van der Waals surface area contributed by atoms with Crippen LogP contribution in [-0.2, 0) is 0 Å². The van der Waals surface area contributed by atoms with Gasteiger partial charge in [0.25, 0.3) is 0 Å². The van der Waals surface area contributed by atoms with Gasteiger partial charge in [-0.05, 0) is 63.5 Å². The summed E-state index contributed by atoms with van der Waals surface area (Å²) >= 11 is 11.9. The zero-order valence-electron chi connectivity index (χ0n) is 12.6. The Morgan fingerprint density at radius 3 is 2.57 bits per heavy atom. The van der Waals surface area contributed by atoms with Gasteiger partial charge in [-0.2, -0.15) is 0 Å². The van der Waals surface area contributed by atoms with Crippen LogP contribution in [0.5, 0.6) is 0 Å². The van der Waals surface area contributed by atoms with Gasteiger partial charge in [-0.3, -0.25) is 0 Å². The third-order valence-corrected chi connectivity index (χ3v) is 4.74. The standard InChI is InChI=1S/C16H23Cl2FN2/c1-3-6-21-7-4-12(5-8-21)20-11(2)13-9-16(19)15(18)10-14(13)17/h9-12,20H,3-8H2,1-2H3. The highest BCUT2D eigenvalue weighted by atomic mass is 35.5. The number of halogens is 3. The average molecular weight is 333 g/mol. The quantitative estimate of drug-likeness (QED) is 0.789. The van der Waals surface area contributed by atoms with Crippen LogP contribution >= 0.6 is 23.2 Å². The minimum atomic E-state index is -0.414. The van der Waals surface area contributed by atoms with Gasteiger partial charge in [-0.25, -0.2) is 4.39 Å². The Morgan fingerprint density at radius 1 is 1.29 bits per heavy atom. The summed E-state index contributed by atoms with van der Waals surface area (Å²) in [5.41, 5.74) is 0.773. The molecule has 1 unspecified atom stereocenters. The molecule has 0 aromatic heterocycles. The second kappa shape index (κ2) is 7.77. The minimum Gasteiger partial charge on any atom is -0.307 e. The number of hydrogen-bond acceptors (Lipinski definition) is 2. The zero-order chi connectivity index (χ0) is 15.4. The van der Waals surface area contributed by atoms with E-state index in [0.717, 1.165) is 31.5 Å². The number of rotatable bonds is 5. The number of likely N-dealkylation sites (tertiary alicyclic amines) is 1. The molecule has 0 bridgehead atoms. The number of nitrogens with zero attached hydrogens (tertiary/aromatic N) is 1. The number of benzene rings is 1. The van der Waals surface area contributed by atoms with Crippen molar-refractivity contribution >= 4 is 23.2 Å². The lowest BCUT2D eigenvalue weighted by Crippen LogP contribution is -2.43. The zero-order valence-corrected chi connectivity index (χ0v) is 14.1. The van der Waals surface area contributed by atoms with E-state index in [9.17, 15) is 4.39 Å². The molecule has 0 saturated carbocycles. The molecule has 0 aliphatic carbocycles. The maximum absolute atomic E-state index is 13.6. The highest BCUT2D eigenvalue weighted by Gasteiger charge is 2.21. The van der Waals surface area contributed by atoms with Gasteiger partial charge in [-0.15, -0.1) is 0 Å². The maximum atomic E-state index is 13.6. The van der Waals surface area contributed by atoms with E-state index < -0.39 is 5.82 Å². The molecule has 1 aliphatic rings. The first-order valence-electron chi connectivity index (χ1n) is 7.64. The molecule has 0 radical (unpaired) electrons. The fourth-order valence-corrected chi connectivity index (χ4v) is 3.50. The summed E-state index contributed by atoms with van der Waals surface area (Å²) in [6.07, 6.45) is 3.45. The first-order chi connectivity index (χ1) is 10.0. The molecule has 1 fully saturated rings. The molecule has 21 heavy (non-hydrogen) atoms. The van der Waals surface area contributed by atoms with Gasteiger partial charge in [0.1, 0.15) is 5.82 Å². The van der Waals surface area contributed by atoms with E-state index in [1.165, 1.54) is 25.1 Å². The van der Waals surface area contributed by atoms with Gasteiger partial charge < -0.3 is 10.2 Å². The molecule has 1 atom stereocenters. The number of hydrogen-bond donors (Lipinski definition) is 1. The summed E-state index contributed by atoms with van der Waals surface area (Å²) in [5, 5.41) is 4.16. The van der Waals surface area contributed by atoms with E-state index in [2.05, 4.69) is 17.1 Å². The number of piperidine rings is 1. The summed E-state index contributed by atoms with van der Waals surface area (Å²) in [6, 6.07) is 3.40. The third-order valence-electron chi connectivity index (χ3n) is 4.12. The molecule has 1 heterocycles. The molecule has 118 valence electrons. The topological polar surface area (TPSA) is 15.3 Å². The Morgan fingerprint density at radius 2 is 1.95 bits per heavy atom. The van der Waals surface area contributed by atoms with Crippen LogP contribution in [-0.4, -0.2) is 30.6 Å². The molecule has 1 N–H and O–H groups in total. The van der Waals surface area contributed by atoms with Gasteiger partial charge in [-0.1, -0.05) is 30.1 Å². The van der Waals surface area contributed by atoms with Crippen LogP contribution in [0.4, 0.5) is 4.39 Å². The second-order valence-electron chi connectivity index (χ2n) is 5.79. The Balaban J connectivity index is 1.93. The molecule has 1 aromatic rings. The van der Waals surface area contributed by atoms with Gasteiger partial charge in [0, 0.05) is 17.1 Å². The molecular formula is C16H23Cl2FN2. The van der Waals surface area contributed by atoms with Crippen molar-refractivity contribution in [1.29, 1.82) is 0 Å². The van der Waals surface area contributed by atoms with Gasteiger partial charge in [0.05, 0.1) is 5.02 Å². The van der Waals surface area contributed by atoms with Gasteiger partial charge in [0.2, 0.25) is 0 Å². The smallest absolute Gasteiger partial charge is 0.142 e. The van der Waals surface area contributed by atoms with E-state index in [4.69, 9.17) is 23.2 Å². The van der Waals surface area contributed by atoms with Crippen LogP contribution in [0.1, 0.15) is 44.7 Å². The lowest BCUT2D eigenvalue weighted by Gasteiger charge is -2.34. The van der Waals surface area contributed by atoms with Crippen molar-refractivity contribution in [3.05, 3.63) is 33.6 Å². The first kappa shape index (κ1) is 17.0. The lowest BCUT2D eigenvalue weighted by atomic mass is 10.0. The van der Waals surface area contributed by atoms with Crippen molar-refractivity contribution in [3.63, 3.8) is 0 Å². The van der Waals surface area contributed by atoms with Crippen LogP contribution in [0.3, 0.4) is 0 Å². The van der Waals surface area contributed by atoms with Crippen LogP contribution in [0, 0.1) is 5.82 Å². The van der Waals surface area contributed by atoms with Crippen molar-refractivity contribution in [2.45, 2.75) is 45.2 Å². The Bertz CT molecular complexity index is 474. The van der Waals surface area contributed by atoms with Crippen molar-refractivity contribution in [2.24, 2.45) is 0 Å². The van der Waals surface area contributed by atoms with Crippen molar-refractivity contribution in [2.75, 3.05) is 19.6 Å². The molecule has 1 saturated heterocycles. The highest BCUT2D eigenvalue weighted by Crippen LogP contribution is 2.29. The van der Waals surface area contributed by atoms with E-state index in [-0.39, 0.29) is 11.1 Å². The highest BCUT2D eigenvalue weighted by molar-refractivity contribution is 6.35. The van der Waals surface area contributed by atoms with Crippen molar-refractivity contribution < 1.29 is 4.39 Å². The average Bonchev–Trinajstić information content (AvgIpc) is 2.45. The van der Waals surface area contributed by atoms with E-state index in [1.54, 1.807) is 0 Å². The maximum Gasteiger partial charge on any atom is 0.142 e. The van der Waals surface area contributed by atoms with Crippen molar-refractivity contribution in [1.82, 2.24) is 10.2 Å². The number of nitrogens with one attached hydrogen (secondary N) is 1. The predicted octanol–water partition coefficient (Wildman–Crippen LogP) is 4.66. The monoisotopic (exact) mass is 332 g/mol. The molecule has 0 amide bonds. The molecule has 0 spiro atoms. The van der Waals surface area contributed by atoms with E-state index in [1.807, 2.05) is 6.92 Å². The van der Waals surface area contributed by atoms with Crippen LogP contribution in [0.15, 0.2) is 12.1 Å². The van der Waals surface area contributed by atoms with Crippen molar-refractivity contribution in [3.8, 4) is 0 Å². The van der Waals surface area contributed by atoms with E-state index >= 15 is 0 Å². The Kier molecular flexibility index (Phi) is 6.30. The minimum absolute atomic E-state index is 0.0204. The normalized spacial score (nSPS) is 18.9. The third kappa shape index (κ3) is 4.56. The molecule has 5 heteroatoms. The summed E-state index contributed by atoms with van der Waals surface area (Å²) in [4.78, 5) is 2.50. The Hall–Kier alpha value is -0.350. The van der Waals surface area contributed by atoms with Crippen LogP contribution < -0.4 is 5.32 Å². The summed E-state index contributed by atoms with van der Waals surface area (Å²) in [6.45, 7) is 7.66. The molecular weight excluding hydrogens is 310 g/mol. The fourth-order valence-electron chi connectivity index (χ4n) is 2.95. The summed E-state index contributed by atoms with van der Waals surface area (Å²) < 4.78 is 13.6. The van der Waals surface area contributed by atoms with Gasteiger partial charge in [0.15, 0.2) is 0 Å².